The van der Waals surface area contributed by atoms with Gasteiger partial charge in [-0.3, -0.25) is 0 Å². The topological polar surface area (TPSA) is 59.9 Å². The molecule has 0 bridgehead atoms. The predicted molar refractivity (Wildman–Crippen MR) is 98.1 cm³/mol. The second-order valence-electron chi connectivity index (χ2n) is 5.31. The van der Waals surface area contributed by atoms with Crippen molar-refractivity contribution in [2.45, 2.75) is 11.4 Å². The first-order chi connectivity index (χ1) is 12.2. The van der Waals surface area contributed by atoms with Crippen molar-refractivity contribution in [2.24, 2.45) is 0 Å². The van der Waals surface area contributed by atoms with Crippen LogP contribution < -0.4 is 10.1 Å². The molecule has 25 heavy (non-hydrogen) atoms. The van der Waals surface area contributed by atoms with E-state index in [9.17, 15) is 4.39 Å². The van der Waals surface area contributed by atoms with Crippen LogP contribution in [0.25, 0.3) is 11.3 Å². The molecule has 3 aromatic rings. The molecule has 0 fully saturated rings. The summed E-state index contributed by atoms with van der Waals surface area (Å²) in [4.78, 5) is 4.42. The van der Waals surface area contributed by atoms with E-state index in [1.54, 1.807) is 18.2 Å². The van der Waals surface area contributed by atoms with Gasteiger partial charge in [0.2, 0.25) is 17.3 Å². The molecule has 1 unspecified atom stereocenters. The number of fused-ring (bicyclic) bond motifs is 3. The Bertz CT molecular complexity index is 956. The third-order valence-electron chi connectivity index (χ3n) is 3.76. The van der Waals surface area contributed by atoms with E-state index in [2.05, 4.69) is 36.4 Å². The zero-order valence-corrected chi connectivity index (χ0v) is 15.4. The van der Waals surface area contributed by atoms with Crippen LogP contribution in [0.4, 0.5) is 10.1 Å². The van der Waals surface area contributed by atoms with Crippen LogP contribution in [0.3, 0.4) is 0 Å². The van der Waals surface area contributed by atoms with Gasteiger partial charge in [-0.05, 0) is 30.5 Å². The summed E-state index contributed by atoms with van der Waals surface area (Å²) in [5, 5.41) is 12.1. The summed E-state index contributed by atoms with van der Waals surface area (Å²) < 4.78 is 21.2. The van der Waals surface area contributed by atoms with Crippen LogP contribution in [0.2, 0.25) is 0 Å². The molecule has 1 aromatic heterocycles. The van der Waals surface area contributed by atoms with Gasteiger partial charge in [-0.2, -0.15) is 4.98 Å². The van der Waals surface area contributed by atoms with Crippen LogP contribution in [-0.4, -0.2) is 21.4 Å². The van der Waals surface area contributed by atoms with Crippen LogP contribution in [0, 0.1) is 5.82 Å². The van der Waals surface area contributed by atoms with Crippen molar-refractivity contribution in [3.8, 4) is 17.1 Å². The highest BCUT2D eigenvalue weighted by molar-refractivity contribution is 9.10. The molecular formula is C17H12BrFN4OS. The number of anilines is 1. The lowest BCUT2D eigenvalue weighted by Gasteiger charge is -2.19. The smallest absolute Gasteiger partial charge is 0.247 e. The van der Waals surface area contributed by atoms with Crippen molar-refractivity contribution in [2.75, 3.05) is 11.6 Å². The Morgan fingerprint density at radius 2 is 2.04 bits per heavy atom. The molecule has 1 atom stereocenters. The maximum Gasteiger partial charge on any atom is 0.247 e. The van der Waals surface area contributed by atoms with E-state index in [0.717, 1.165) is 15.7 Å². The van der Waals surface area contributed by atoms with Gasteiger partial charge in [0.15, 0.2) is 5.69 Å². The number of halogens is 2. The van der Waals surface area contributed by atoms with Crippen molar-refractivity contribution in [3.05, 3.63) is 58.3 Å². The lowest BCUT2D eigenvalue weighted by atomic mass is 10.1. The number of aromatic nitrogens is 3. The van der Waals surface area contributed by atoms with Crippen LogP contribution in [0.5, 0.6) is 5.88 Å². The van der Waals surface area contributed by atoms with E-state index in [1.807, 2.05) is 24.5 Å². The normalized spacial score (nSPS) is 15.4. The lowest BCUT2D eigenvalue weighted by molar-refractivity contribution is 0.220. The lowest BCUT2D eigenvalue weighted by Crippen LogP contribution is -2.18. The van der Waals surface area contributed by atoms with E-state index in [-0.39, 0.29) is 5.82 Å². The predicted octanol–water partition coefficient (Wildman–Crippen LogP) is 4.67. The van der Waals surface area contributed by atoms with E-state index >= 15 is 0 Å². The minimum atomic E-state index is -0.728. The van der Waals surface area contributed by atoms with Gasteiger partial charge in [0, 0.05) is 21.3 Å². The zero-order valence-electron chi connectivity index (χ0n) is 13.0. The van der Waals surface area contributed by atoms with Crippen molar-refractivity contribution < 1.29 is 9.13 Å². The Labute approximate surface area is 156 Å². The Balaban J connectivity index is 1.90. The average Bonchev–Trinajstić information content (AvgIpc) is 2.78. The van der Waals surface area contributed by atoms with Crippen LogP contribution in [0.1, 0.15) is 11.8 Å². The molecule has 1 N–H and O–H groups in total. The van der Waals surface area contributed by atoms with Crippen molar-refractivity contribution >= 4 is 33.4 Å². The van der Waals surface area contributed by atoms with Crippen LogP contribution in [-0.2, 0) is 0 Å². The second-order valence-corrected chi connectivity index (χ2v) is 6.99. The molecule has 0 spiro atoms. The minimum Gasteiger partial charge on any atom is -0.448 e. The van der Waals surface area contributed by atoms with Crippen molar-refractivity contribution in [1.82, 2.24) is 15.2 Å². The number of ether oxygens (including phenoxy) is 1. The fraction of sp³-hybridized carbons (Fsp3) is 0.118. The van der Waals surface area contributed by atoms with E-state index in [1.165, 1.54) is 17.8 Å². The van der Waals surface area contributed by atoms with Gasteiger partial charge in [0.25, 0.3) is 0 Å². The number of rotatable bonds is 2. The van der Waals surface area contributed by atoms with Gasteiger partial charge < -0.3 is 10.1 Å². The summed E-state index contributed by atoms with van der Waals surface area (Å²) in [7, 11) is 0. The molecule has 2 heterocycles. The van der Waals surface area contributed by atoms with E-state index in [4.69, 9.17) is 4.74 Å². The molecule has 8 heteroatoms. The van der Waals surface area contributed by atoms with Crippen molar-refractivity contribution in [1.29, 1.82) is 0 Å². The number of thioether (sulfide) groups is 1. The Kier molecular flexibility index (Phi) is 4.30. The van der Waals surface area contributed by atoms with Gasteiger partial charge in [-0.25, -0.2) is 4.39 Å². The van der Waals surface area contributed by atoms with Gasteiger partial charge in [0.05, 0.1) is 0 Å². The first-order valence-electron chi connectivity index (χ1n) is 7.42. The maximum absolute atomic E-state index is 14.3. The molecular weight excluding hydrogens is 407 g/mol. The summed E-state index contributed by atoms with van der Waals surface area (Å²) in [6.45, 7) is 0. The highest BCUT2D eigenvalue weighted by Gasteiger charge is 2.27. The molecule has 0 amide bonds. The molecule has 5 nitrogen and oxygen atoms in total. The van der Waals surface area contributed by atoms with E-state index < -0.39 is 6.23 Å². The Morgan fingerprint density at radius 1 is 1.20 bits per heavy atom. The first kappa shape index (κ1) is 16.3. The number of nitrogens with zero attached hydrogens (tertiary/aromatic N) is 3. The highest BCUT2D eigenvalue weighted by atomic mass is 79.9. The zero-order chi connectivity index (χ0) is 17.4. The Hall–Kier alpha value is -2.19. The molecule has 0 radical (unpaired) electrons. The second kappa shape index (κ2) is 6.61. The number of benzene rings is 2. The SMILES string of the molecule is CSc1nnc2c(n1)OC(c1ccccc1F)Nc1ccc(Br)cc1-2. The standard InChI is InChI=1S/C17H12BrFN4OS/c1-25-17-21-16-14(22-23-17)11-8-9(18)6-7-13(11)20-15(24-16)10-4-2-3-5-12(10)19/h2-8,15,20H,1H3. The molecule has 0 saturated carbocycles. The monoisotopic (exact) mass is 418 g/mol. The number of hydrogen-bond donors (Lipinski definition) is 1. The molecule has 126 valence electrons. The third-order valence-corrected chi connectivity index (χ3v) is 4.79. The largest absolute Gasteiger partial charge is 0.448 e. The first-order valence-corrected chi connectivity index (χ1v) is 9.44. The molecule has 1 aliphatic heterocycles. The van der Waals surface area contributed by atoms with Crippen LogP contribution in [0.15, 0.2) is 52.1 Å². The molecule has 1 aliphatic rings. The summed E-state index contributed by atoms with van der Waals surface area (Å²) in [5.74, 6) is -0.0360. The maximum atomic E-state index is 14.3. The highest BCUT2D eigenvalue weighted by Crippen LogP contribution is 2.40. The summed E-state index contributed by atoms with van der Waals surface area (Å²) in [6, 6.07) is 12.2. The number of hydrogen-bond acceptors (Lipinski definition) is 6. The van der Waals surface area contributed by atoms with Gasteiger partial charge in [-0.1, -0.05) is 45.9 Å². The average molecular weight is 419 g/mol. The fourth-order valence-corrected chi connectivity index (χ4v) is 3.24. The number of nitrogens with one attached hydrogen (secondary N) is 1. The summed E-state index contributed by atoms with van der Waals surface area (Å²) in [6.07, 6.45) is 1.13. The van der Waals surface area contributed by atoms with E-state index in [0.29, 0.717) is 22.3 Å². The third kappa shape index (κ3) is 3.07. The fourth-order valence-electron chi connectivity index (χ4n) is 2.58. The molecule has 0 saturated heterocycles. The van der Waals surface area contributed by atoms with Crippen LogP contribution >= 0.6 is 27.7 Å². The molecule has 4 rings (SSSR count). The van der Waals surface area contributed by atoms with Gasteiger partial charge >= 0.3 is 0 Å². The van der Waals surface area contributed by atoms with Gasteiger partial charge in [-0.15, -0.1) is 10.2 Å². The Morgan fingerprint density at radius 3 is 2.84 bits per heavy atom. The molecule has 2 aromatic carbocycles. The minimum absolute atomic E-state index is 0.317. The quantitative estimate of drug-likeness (QED) is 0.610. The van der Waals surface area contributed by atoms with Crippen molar-refractivity contribution in [3.63, 3.8) is 0 Å². The van der Waals surface area contributed by atoms with Gasteiger partial charge in [0.1, 0.15) is 5.82 Å². The molecule has 0 aliphatic carbocycles. The summed E-state index contributed by atoms with van der Waals surface area (Å²) in [5.41, 5.74) is 2.47. The summed E-state index contributed by atoms with van der Waals surface area (Å²) >= 11 is 4.83.